The SMILES string of the molecule is CNC(=O)/C=C/C(Cc1ccccc1)NC(=O)C(N)CCCNC(=O)OCc1ccccc1. The fraction of sp³-hybridized carbons (Fsp3) is 0.320. The van der Waals surface area contributed by atoms with Crippen molar-refractivity contribution in [3.05, 3.63) is 83.9 Å². The van der Waals surface area contributed by atoms with Crippen LogP contribution in [0.15, 0.2) is 72.8 Å². The first kappa shape index (κ1) is 25.6. The molecule has 176 valence electrons. The number of carbonyl (C=O) groups is 3. The number of nitrogens with one attached hydrogen (secondary N) is 3. The summed E-state index contributed by atoms with van der Waals surface area (Å²) < 4.78 is 5.15. The van der Waals surface area contributed by atoms with Crippen molar-refractivity contribution < 1.29 is 19.1 Å². The molecule has 5 N–H and O–H groups in total. The molecule has 0 bridgehead atoms. The van der Waals surface area contributed by atoms with Crippen LogP contribution in [-0.2, 0) is 27.4 Å². The lowest BCUT2D eigenvalue weighted by molar-refractivity contribution is -0.123. The van der Waals surface area contributed by atoms with Gasteiger partial charge in [0.05, 0.1) is 12.1 Å². The third-order valence-electron chi connectivity index (χ3n) is 4.86. The maximum Gasteiger partial charge on any atom is 0.407 e. The van der Waals surface area contributed by atoms with Crippen molar-refractivity contribution in [2.24, 2.45) is 5.73 Å². The number of carbonyl (C=O) groups excluding carboxylic acids is 3. The fourth-order valence-corrected chi connectivity index (χ4v) is 3.03. The molecule has 0 aliphatic rings. The van der Waals surface area contributed by atoms with Gasteiger partial charge in [0.1, 0.15) is 6.61 Å². The summed E-state index contributed by atoms with van der Waals surface area (Å²) in [5.74, 6) is -0.569. The molecule has 0 aromatic heterocycles. The van der Waals surface area contributed by atoms with Gasteiger partial charge in [0.15, 0.2) is 0 Å². The van der Waals surface area contributed by atoms with E-state index in [2.05, 4.69) is 16.0 Å². The van der Waals surface area contributed by atoms with Gasteiger partial charge in [-0.15, -0.1) is 0 Å². The average Bonchev–Trinajstić information content (AvgIpc) is 2.84. The molecule has 2 rings (SSSR count). The molecule has 2 atom stereocenters. The Morgan fingerprint density at radius 3 is 2.27 bits per heavy atom. The van der Waals surface area contributed by atoms with Crippen molar-refractivity contribution in [1.82, 2.24) is 16.0 Å². The summed E-state index contributed by atoms with van der Waals surface area (Å²) in [6.07, 6.45) is 3.97. The summed E-state index contributed by atoms with van der Waals surface area (Å²) in [4.78, 5) is 35.9. The van der Waals surface area contributed by atoms with Gasteiger partial charge in [-0.05, 0) is 30.4 Å². The number of benzene rings is 2. The molecule has 0 heterocycles. The Kier molecular flexibility index (Phi) is 11.2. The summed E-state index contributed by atoms with van der Waals surface area (Å²) in [5.41, 5.74) is 7.96. The van der Waals surface area contributed by atoms with Gasteiger partial charge in [-0.1, -0.05) is 66.7 Å². The highest BCUT2D eigenvalue weighted by atomic mass is 16.5. The second kappa shape index (κ2) is 14.4. The van der Waals surface area contributed by atoms with E-state index in [0.717, 1.165) is 11.1 Å². The number of likely N-dealkylation sites (N-methyl/N-ethyl adjacent to an activating group) is 1. The second-order valence-electron chi connectivity index (χ2n) is 7.52. The summed E-state index contributed by atoms with van der Waals surface area (Å²) in [6, 6.07) is 17.9. The van der Waals surface area contributed by atoms with E-state index in [9.17, 15) is 14.4 Å². The van der Waals surface area contributed by atoms with Crippen molar-refractivity contribution in [3.63, 3.8) is 0 Å². The Labute approximate surface area is 194 Å². The van der Waals surface area contributed by atoms with Crippen LogP contribution in [0.2, 0.25) is 0 Å². The van der Waals surface area contributed by atoms with Crippen LogP contribution in [0.25, 0.3) is 0 Å². The lowest BCUT2D eigenvalue weighted by Crippen LogP contribution is -2.45. The van der Waals surface area contributed by atoms with E-state index in [0.29, 0.717) is 25.8 Å². The standard InChI is InChI=1S/C25H32N4O4/c1-27-23(30)15-14-21(17-19-9-4-2-5-10-19)29-24(31)22(26)13-8-16-28-25(32)33-18-20-11-6-3-7-12-20/h2-7,9-12,14-15,21-22H,8,13,16-18,26H2,1H3,(H,27,30)(H,28,32)(H,29,31)/b15-14+. The number of alkyl carbamates (subject to hydrolysis) is 1. The molecule has 0 fully saturated rings. The zero-order valence-electron chi connectivity index (χ0n) is 18.8. The van der Waals surface area contributed by atoms with Gasteiger partial charge in [-0.25, -0.2) is 4.79 Å². The van der Waals surface area contributed by atoms with E-state index in [-0.39, 0.29) is 24.5 Å². The van der Waals surface area contributed by atoms with Crippen molar-refractivity contribution in [2.45, 2.75) is 38.0 Å². The van der Waals surface area contributed by atoms with Crippen LogP contribution in [0.3, 0.4) is 0 Å². The van der Waals surface area contributed by atoms with Gasteiger partial charge >= 0.3 is 6.09 Å². The molecule has 3 amide bonds. The second-order valence-corrected chi connectivity index (χ2v) is 7.52. The van der Waals surface area contributed by atoms with Crippen LogP contribution in [-0.4, -0.2) is 43.6 Å². The molecule has 0 spiro atoms. The summed E-state index contributed by atoms with van der Waals surface area (Å²) in [6.45, 7) is 0.541. The van der Waals surface area contributed by atoms with Crippen LogP contribution in [0, 0.1) is 0 Å². The van der Waals surface area contributed by atoms with Gasteiger partial charge < -0.3 is 26.4 Å². The van der Waals surface area contributed by atoms with E-state index in [1.165, 1.54) is 6.08 Å². The molecule has 0 saturated heterocycles. The first-order valence-corrected chi connectivity index (χ1v) is 10.9. The zero-order chi connectivity index (χ0) is 23.9. The Morgan fingerprint density at radius 1 is 1.00 bits per heavy atom. The minimum atomic E-state index is -0.737. The minimum Gasteiger partial charge on any atom is -0.445 e. The van der Waals surface area contributed by atoms with E-state index < -0.39 is 12.1 Å². The number of hydrogen-bond acceptors (Lipinski definition) is 5. The Hall–Kier alpha value is -3.65. The van der Waals surface area contributed by atoms with Crippen molar-refractivity contribution >= 4 is 17.9 Å². The highest BCUT2D eigenvalue weighted by Gasteiger charge is 2.17. The molecule has 2 aromatic rings. The molecule has 0 saturated carbocycles. The van der Waals surface area contributed by atoms with Gasteiger partial charge in [-0.3, -0.25) is 9.59 Å². The van der Waals surface area contributed by atoms with Gasteiger partial charge in [-0.2, -0.15) is 0 Å². The van der Waals surface area contributed by atoms with E-state index >= 15 is 0 Å². The molecule has 8 heteroatoms. The smallest absolute Gasteiger partial charge is 0.407 e. The zero-order valence-corrected chi connectivity index (χ0v) is 18.8. The summed E-state index contributed by atoms with van der Waals surface area (Å²) >= 11 is 0. The minimum absolute atomic E-state index is 0.195. The monoisotopic (exact) mass is 452 g/mol. The normalized spacial score (nSPS) is 12.5. The number of rotatable bonds is 12. The summed E-state index contributed by atoms with van der Waals surface area (Å²) in [7, 11) is 1.54. The predicted molar refractivity (Wildman–Crippen MR) is 127 cm³/mol. The summed E-state index contributed by atoms with van der Waals surface area (Å²) in [5, 5.41) is 8.06. The van der Waals surface area contributed by atoms with Crippen LogP contribution in [0.4, 0.5) is 4.79 Å². The first-order chi connectivity index (χ1) is 16.0. The van der Waals surface area contributed by atoms with Crippen LogP contribution >= 0.6 is 0 Å². The lowest BCUT2D eigenvalue weighted by atomic mass is 10.0. The predicted octanol–water partition coefficient (Wildman–Crippen LogP) is 2.05. The molecular formula is C25H32N4O4. The third-order valence-corrected chi connectivity index (χ3v) is 4.86. The fourth-order valence-electron chi connectivity index (χ4n) is 3.03. The number of ether oxygens (including phenoxy) is 1. The maximum absolute atomic E-state index is 12.6. The molecule has 0 radical (unpaired) electrons. The van der Waals surface area contributed by atoms with Crippen LogP contribution < -0.4 is 21.7 Å². The molecule has 2 unspecified atom stereocenters. The highest BCUT2D eigenvalue weighted by Crippen LogP contribution is 2.06. The van der Waals surface area contributed by atoms with Crippen molar-refractivity contribution in [2.75, 3.05) is 13.6 Å². The van der Waals surface area contributed by atoms with Crippen molar-refractivity contribution in [1.29, 1.82) is 0 Å². The topological polar surface area (TPSA) is 123 Å². The lowest BCUT2D eigenvalue weighted by Gasteiger charge is -2.19. The van der Waals surface area contributed by atoms with E-state index in [4.69, 9.17) is 10.5 Å². The number of hydrogen-bond donors (Lipinski definition) is 4. The third kappa shape index (κ3) is 10.5. The largest absolute Gasteiger partial charge is 0.445 e. The van der Waals surface area contributed by atoms with E-state index in [1.54, 1.807) is 13.1 Å². The Morgan fingerprint density at radius 2 is 1.64 bits per heavy atom. The number of amides is 3. The number of nitrogens with two attached hydrogens (primary N) is 1. The molecule has 0 aliphatic heterocycles. The molecule has 0 aliphatic carbocycles. The Balaban J connectivity index is 1.74. The van der Waals surface area contributed by atoms with Gasteiger partial charge in [0.25, 0.3) is 0 Å². The van der Waals surface area contributed by atoms with Crippen molar-refractivity contribution in [3.8, 4) is 0 Å². The van der Waals surface area contributed by atoms with Crippen LogP contribution in [0.5, 0.6) is 0 Å². The highest BCUT2D eigenvalue weighted by molar-refractivity contribution is 5.87. The molecule has 33 heavy (non-hydrogen) atoms. The van der Waals surface area contributed by atoms with Crippen LogP contribution in [0.1, 0.15) is 24.0 Å². The first-order valence-electron chi connectivity index (χ1n) is 10.9. The van der Waals surface area contributed by atoms with Gasteiger partial charge in [0.2, 0.25) is 11.8 Å². The molecule has 8 nitrogen and oxygen atoms in total. The maximum atomic E-state index is 12.6. The quantitative estimate of drug-likeness (QED) is 0.290. The Bertz CT molecular complexity index is 903. The van der Waals surface area contributed by atoms with Gasteiger partial charge in [0, 0.05) is 19.7 Å². The molecular weight excluding hydrogens is 420 g/mol. The molecule has 2 aromatic carbocycles. The average molecular weight is 453 g/mol. The van der Waals surface area contributed by atoms with E-state index in [1.807, 2.05) is 60.7 Å².